The fourth-order valence-corrected chi connectivity index (χ4v) is 2.95. The lowest BCUT2D eigenvalue weighted by molar-refractivity contribution is 0.353. The minimum atomic E-state index is 0.00891. The first-order chi connectivity index (χ1) is 9.90. The second-order valence-electron chi connectivity index (χ2n) is 6.74. The molecule has 0 unspecified atom stereocenters. The predicted octanol–water partition coefficient (Wildman–Crippen LogP) is 2.78. The molecule has 1 aliphatic rings. The molecular formula is C17H23N3O. The van der Waals surface area contributed by atoms with Gasteiger partial charge in [-0.3, -0.25) is 4.68 Å². The Hall–Kier alpha value is -1.81. The molecule has 0 bridgehead atoms. The van der Waals surface area contributed by atoms with Gasteiger partial charge in [0.2, 0.25) is 0 Å². The quantitative estimate of drug-likeness (QED) is 0.923. The summed E-state index contributed by atoms with van der Waals surface area (Å²) in [6, 6.07) is 4.38. The van der Waals surface area contributed by atoms with Crippen LogP contribution in [0, 0.1) is 0 Å². The Bertz CT molecular complexity index is 680. The van der Waals surface area contributed by atoms with Crippen molar-refractivity contribution in [3.05, 3.63) is 35.2 Å². The van der Waals surface area contributed by atoms with E-state index < -0.39 is 0 Å². The Morgan fingerprint density at radius 1 is 1.33 bits per heavy atom. The second-order valence-corrected chi connectivity index (χ2v) is 6.74. The lowest BCUT2D eigenvalue weighted by atomic mass is 9.86. The van der Waals surface area contributed by atoms with Crippen LogP contribution in [0.15, 0.2) is 18.3 Å². The molecule has 1 aromatic carbocycles. The number of rotatable bonds is 2. The van der Waals surface area contributed by atoms with Crippen molar-refractivity contribution < 1.29 is 4.74 Å². The van der Waals surface area contributed by atoms with Gasteiger partial charge in [-0.2, -0.15) is 5.10 Å². The first kappa shape index (κ1) is 14.1. The molecule has 0 fully saturated rings. The van der Waals surface area contributed by atoms with Crippen molar-refractivity contribution in [1.82, 2.24) is 9.78 Å². The Balaban J connectivity index is 2.18. The molecule has 0 atom stereocenters. The summed E-state index contributed by atoms with van der Waals surface area (Å²) in [5.41, 5.74) is 11.8. The Morgan fingerprint density at radius 2 is 2.10 bits per heavy atom. The van der Waals surface area contributed by atoms with Crippen LogP contribution in [-0.2, 0) is 25.4 Å². The molecule has 21 heavy (non-hydrogen) atoms. The molecule has 2 heterocycles. The maximum atomic E-state index is 5.90. The normalized spacial score (nSPS) is 14.1. The van der Waals surface area contributed by atoms with Crippen molar-refractivity contribution in [2.45, 2.75) is 39.2 Å². The van der Waals surface area contributed by atoms with Gasteiger partial charge in [0.25, 0.3) is 0 Å². The highest BCUT2D eigenvalue weighted by molar-refractivity contribution is 5.70. The molecule has 0 spiro atoms. The van der Waals surface area contributed by atoms with Crippen LogP contribution in [0.2, 0.25) is 0 Å². The van der Waals surface area contributed by atoms with Crippen molar-refractivity contribution in [3.8, 4) is 16.9 Å². The fraction of sp³-hybridized carbons (Fsp3) is 0.471. The van der Waals surface area contributed by atoms with Gasteiger partial charge in [0, 0.05) is 42.8 Å². The molecule has 0 aliphatic carbocycles. The SMILES string of the molecule is Cn1cc(-c2cc(CN)c3c(c2)CCO3)c(C(C)(C)C)n1. The molecule has 4 nitrogen and oxygen atoms in total. The van der Waals surface area contributed by atoms with Crippen molar-refractivity contribution >= 4 is 0 Å². The van der Waals surface area contributed by atoms with Crippen LogP contribution in [0.3, 0.4) is 0 Å². The van der Waals surface area contributed by atoms with Crippen molar-refractivity contribution in [2.75, 3.05) is 6.61 Å². The molecular weight excluding hydrogens is 262 g/mol. The molecule has 0 amide bonds. The van der Waals surface area contributed by atoms with E-state index in [4.69, 9.17) is 10.5 Å². The summed E-state index contributed by atoms with van der Waals surface area (Å²) >= 11 is 0. The van der Waals surface area contributed by atoms with Crippen LogP contribution in [0.1, 0.15) is 37.6 Å². The van der Waals surface area contributed by atoms with Gasteiger partial charge in [0.05, 0.1) is 12.3 Å². The summed E-state index contributed by atoms with van der Waals surface area (Å²) in [5.74, 6) is 0.988. The summed E-state index contributed by atoms with van der Waals surface area (Å²) in [6.45, 7) is 7.84. The van der Waals surface area contributed by atoms with E-state index in [1.54, 1.807) is 0 Å². The summed E-state index contributed by atoms with van der Waals surface area (Å²) in [7, 11) is 1.97. The molecule has 1 aliphatic heterocycles. The number of aryl methyl sites for hydroxylation is 1. The van der Waals surface area contributed by atoms with Gasteiger partial charge in [-0.25, -0.2) is 0 Å². The molecule has 2 N–H and O–H groups in total. The van der Waals surface area contributed by atoms with E-state index in [1.165, 1.54) is 16.7 Å². The molecule has 0 saturated carbocycles. The van der Waals surface area contributed by atoms with E-state index >= 15 is 0 Å². The number of aromatic nitrogens is 2. The molecule has 112 valence electrons. The lowest BCUT2D eigenvalue weighted by Gasteiger charge is -2.18. The molecule has 4 heteroatoms. The average Bonchev–Trinajstić information content (AvgIpc) is 3.02. The standard InChI is InChI=1S/C17H23N3O/c1-17(2,3)16-14(10-20(4)19-16)12-7-11-5-6-21-15(11)13(8-12)9-18/h7-8,10H,5-6,9,18H2,1-4H3. The Kier molecular flexibility index (Phi) is 3.29. The average molecular weight is 285 g/mol. The van der Waals surface area contributed by atoms with Gasteiger partial charge >= 0.3 is 0 Å². The van der Waals surface area contributed by atoms with E-state index in [9.17, 15) is 0 Å². The minimum Gasteiger partial charge on any atom is -0.493 e. The molecule has 0 saturated heterocycles. The van der Waals surface area contributed by atoms with E-state index in [1.807, 2.05) is 11.7 Å². The van der Waals surface area contributed by atoms with Crippen LogP contribution in [0.4, 0.5) is 0 Å². The Labute approximate surface area is 125 Å². The first-order valence-corrected chi connectivity index (χ1v) is 7.43. The van der Waals surface area contributed by atoms with Crippen LogP contribution < -0.4 is 10.5 Å². The van der Waals surface area contributed by atoms with E-state index in [0.29, 0.717) is 6.54 Å². The van der Waals surface area contributed by atoms with Crippen molar-refractivity contribution in [3.63, 3.8) is 0 Å². The fourth-order valence-electron chi connectivity index (χ4n) is 2.95. The Morgan fingerprint density at radius 3 is 2.76 bits per heavy atom. The number of hydrogen-bond donors (Lipinski definition) is 1. The van der Waals surface area contributed by atoms with Crippen molar-refractivity contribution in [2.24, 2.45) is 12.8 Å². The van der Waals surface area contributed by atoms with Gasteiger partial charge in [-0.05, 0) is 23.3 Å². The smallest absolute Gasteiger partial charge is 0.127 e. The highest BCUT2D eigenvalue weighted by atomic mass is 16.5. The third-order valence-corrected chi connectivity index (χ3v) is 3.93. The largest absolute Gasteiger partial charge is 0.493 e. The molecule has 0 radical (unpaired) electrons. The number of fused-ring (bicyclic) bond motifs is 1. The van der Waals surface area contributed by atoms with Gasteiger partial charge in [-0.15, -0.1) is 0 Å². The van der Waals surface area contributed by atoms with Crippen LogP contribution in [0.25, 0.3) is 11.1 Å². The predicted molar refractivity (Wildman–Crippen MR) is 84.4 cm³/mol. The minimum absolute atomic E-state index is 0.00891. The van der Waals surface area contributed by atoms with Gasteiger partial charge in [0.1, 0.15) is 5.75 Å². The second kappa shape index (κ2) is 4.88. The highest BCUT2D eigenvalue weighted by Crippen LogP contribution is 2.37. The third-order valence-electron chi connectivity index (χ3n) is 3.93. The molecule has 3 rings (SSSR count). The highest BCUT2D eigenvalue weighted by Gasteiger charge is 2.25. The number of benzene rings is 1. The van der Waals surface area contributed by atoms with Crippen LogP contribution in [0.5, 0.6) is 5.75 Å². The number of hydrogen-bond acceptors (Lipinski definition) is 3. The van der Waals surface area contributed by atoms with Crippen molar-refractivity contribution in [1.29, 1.82) is 0 Å². The first-order valence-electron chi connectivity index (χ1n) is 7.43. The van der Waals surface area contributed by atoms with Crippen LogP contribution in [-0.4, -0.2) is 16.4 Å². The van der Waals surface area contributed by atoms with Crippen LogP contribution >= 0.6 is 0 Å². The maximum Gasteiger partial charge on any atom is 0.127 e. The van der Waals surface area contributed by atoms with E-state index in [2.05, 4.69) is 44.2 Å². The number of nitrogens with zero attached hydrogens (tertiary/aromatic N) is 2. The van der Waals surface area contributed by atoms with E-state index in [0.717, 1.165) is 30.0 Å². The zero-order valence-electron chi connectivity index (χ0n) is 13.2. The zero-order valence-corrected chi connectivity index (χ0v) is 13.2. The summed E-state index contributed by atoms with van der Waals surface area (Å²) in [5, 5.41) is 4.66. The van der Waals surface area contributed by atoms with Gasteiger partial charge < -0.3 is 10.5 Å². The number of ether oxygens (including phenoxy) is 1. The van der Waals surface area contributed by atoms with Gasteiger partial charge in [-0.1, -0.05) is 20.8 Å². The topological polar surface area (TPSA) is 53.1 Å². The van der Waals surface area contributed by atoms with Gasteiger partial charge in [0.15, 0.2) is 0 Å². The summed E-state index contributed by atoms with van der Waals surface area (Å²) < 4.78 is 7.60. The summed E-state index contributed by atoms with van der Waals surface area (Å²) in [6.07, 6.45) is 3.06. The lowest BCUT2D eigenvalue weighted by Crippen LogP contribution is -2.13. The molecule has 1 aromatic heterocycles. The van der Waals surface area contributed by atoms with E-state index in [-0.39, 0.29) is 5.41 Å². The maximum absolute atomic E-state index is 5.90. The monoisotopic (exact) mass is 285 g/mol. The molecule has 2 aromatic rings. The summed E-state index contributed by atoms with van der Waals surface area (Å²) in [4.78, 5) is 0. The zero-order chi connectivity index (χ0) is 15.2. The third kappa shape index (κ3) is 2.44. The number of nitrogens with two attached hydrogens (primary N) is 1.